The number of ketones is 4. The molecule has 6 rings (SSSR count). The summed E-state index contributed by atoms with van der Waals surface area (Å²) >= 11 is 3.43. The maximum Gasteiger partial charge on any atom is 0.329 e. The van der Waals surface area contributed by atoms with Gasteiger partial charge in [-0.15, -0.1) is 6.42 Å². The summed E-state index contributed by atoms with van der Waals surface area (Å²) in [6.07, 6.45) is 5.77. The molecule has 2 N–H and O–H groups in total. The Morgan fingerprint density at radius 2 is 1.23 bits per heavy atom. The van der Waals surface area contributed by atoms with Gasteiger partial charge in [-0.2, -0.15) is 0 Å². The van der Waals surface area contributed by atoms with Crippen molar-refractivity contribution in [3.8, 4) is 24.2 Å². The van der Waals surface area contributed by atoms with E-state index < -0.39 is 12.1 Å². The predicted octanol–water partition coefficient (Wildman–Crippen LogP) is 2.12. The molecule has 47 heavy (non-hydrogen) atoms. The van der Waals surface area contributed by atoms with Crippen molar-refractivity contribution >= 4 is 61.1 Å². The number of terminal acetylenes is 1. The molecule has 0 saturated heterocycles. The largest absolute Gasteiger partial charge is 0.384 e. The zero-order valence-corrected chi connectivity index (χ0v) is 27.4. The third-order valence-electron chi connectivity index (χ3n) is 8.05. The molecule has 0 spiro atoms. The topological polar surface area (TPSA) is 163 Å². The Hall–Kier alpha value is -4.82. The van der Waals surface area contributed by atoms with Crippen LogP contribution in [0.25, 0.3) is 22.1 Å². The van der Waals surface area contributed by atoms with Crippen molar-refractivity contribution in [2.24, 2.45) is 14.1 Å². The van der Waals surface area contributed by atoms with Gasteiger partial charge < -0.3 is 10.2 Å². The number of halogens is 1. The molecule has 2 atom stereocenters. The minimum absolute atomic E-state index is 0.0410. The van der Waals surface area contributed by atoms with E-state index in [0.717, 1.165) is 15.5 Å². The van der Waals surface area contributed by atoms with Crippen LogP contribution in [-0.2, 0) is 33.3 Å². The van der Waals surface area contributed by atoms with Gasteiger partial charge in [0, 0.05) is 31.4 Å². The lowest BCUT2D eigenvalue weighted by molar-refractivity contribution is -0.133. The van der Waals surface area contributed by atoms with E-state index in [9.17, 15) is 28.8 Å². The van der Waals surface area contributed by atoms with Gasteiger partial charge in [-0.25, -0.2) is 9.59 Å². The number of hydrogen-bond acceptors (Lipinski definition) is 8. The van der Waals surface area contributed by atoms with Crippen LogP contribution in [0.3, 0.4) is 0 Å². The van der Waals surface area contributed by atoms with Crippen molar-refractivity contribution in [1.82, 2.24) is 18.3 Å². The Balaban J connectivity index is 0.000000193. The van der Waals surface area contributed by atoms with Gasteiger partial charge in [0.1, 0.15) is 24.8 Å². The molecule has 4 aromatic rings. The first-order valence-corrected chi connectivity index (χ1v) is 15.5. The highest BCUT2D eigenvalue weighted by Crippen LogP contribution is 2.29. The van der Waals surface area contributed by atoms with Crippen LogP contribution in [0.1, 0.15) is 56.2 Å². The number of fused-ring (bicyclic) bond motifs is 2. The number of hydrogen-bond donors (Lipinski definition) is 2. The number of Topliss-reactive ketones (excluding diaryl/α,β-unsaturated/α-hetero) is 4. The molecule has 2 saturated carbocycles. The standard InChI is InChI=1S/C17H16N2O4.C14H13BrN2O3.C3H4O/c1-18-16-11(5-3-9-20)4-2-6-14(16)19(17(18)23)13-8-7-12(21)10-15(13)22;1-16-13-9(15)3-2-4-11(13)17(14(16)20)10-6-5-8(18)7-12(10)19;1-2-3-4/h2,4,6,13,20H,7-10H2,1H3;2-4,10H,5-7H2,1H3;1,4H,3H2. The number of aryl methyl sites for hydroxylation is 2. The van der Waals surface area contributed by atoms with Crippen molar-refractivity contribution in [2.75, 3.05) is 13.2 Å². The summed E-state index contributed by atoms with van der Waals surface area (Å²) in [6.45, 7) is -0.422. The second kappa shape index (κ2) is 15.2. The van der Waals surface area contributed by atoms with E-state index in [1.807, 2.05) is 24.1 Å². The van der Waals surface area contributed by atoms with E-state index >= 15 is 0 Å². The van der Waals surface area contributed by atoms with Crippen molar-refractivity contribution < 1.29 is 29.4 Å². The molecule has 0 bridgehead atoms. The van der Waals surface area contributed by atoms with Gasteiger partial charge in [0.05, 0.1) is 52.6 Å². The Morgan fingerprint density at radius 3 is 1.70 bits per heavy atom. The summed E-state index contributed by atoms with van der Waals surface area (Å²) in [5, 5.41) is 16.5. The maximum atomic E-state index is 12.6. The van der Waals surface area contributed by atoms with Crippen molar-refractivity contribution in [2.45, 2.75) is 50.6 Å². The number of benzene rings is 2. The Kier molecular flexibility index (Phi) is 11.3. The lowest BCUT2D eigenvalue weighted by Crippen LogP contribution is -2.34. The van der Waals surface area contributed by atoms with E-state index in [1.54, 1.807) is 32.3 Å². The van der Waals surface area contributed by atoms with Crippen molar-refractivity contribution in [1.29, 1.82) is 0 Å². The number of rotatable bonds is 2. The first-order chi connectivity index (χ1) is 22.5. The molecule has 0 aliphatic heterocycles. The number of para-hydroxylation sites is 2. The molecule has 12 nitrogen and oxygen atoms in total. The van der Waals surface area contributed by atoms with Gasteiger partial charge in [-0.1, -0.05) is 29.9 Å². The maximum absolute atomic E-state index is 12.6. The first-order valence-electron chi connectivity index (χ1n) is 14.7. The van der Waals surface area contributed by atoms with Gasteiger partial charge in [0.25, 0.3) is 0 Å². The van der Waals surface area contributed by atoms with E-state index in [-0.39, 0.29) is 60.6 Å². The summed E-state index contributed by atoms with van der Waals surface area (Å²) in [5.41, 5.74) is 2.83. The SMILES string of the molecule is C#CCO.Cn1c(=O)n(C2CCC(=O)CC2=O)c2cccc(Br)c21.Cn1c(=O)n(C2CCC(=O)CC2=O)c2cccc(C#CCO)c21. The van der Waals surface area contributed by atoms with Crippen LogP contribution in [0, 0.1) is 24.2 Å². The lowest BCUT2D eigenvalue weighted by Gasteiger charge is -2.21. The highest BCUT2D eigenvalue weighted by Gasteiger charge is 2.32. The number of aromatic nitrogens is 4. The molecule has 2 aromatic heterocycles. The third kappa shape index (κ3) is 7.13. The molecule has 2 aliphatic rings. The summed E-state index contributed by atoms with van der Waals surface area (Å²) in [5.74, 6) is 6.88. The Morgan fingerprint density at radius 1 is 0.766 bits per heavy atom. The Bertz CT molecular complexity index is 2110. The van der Waals surface area contributed by atoms with Crippen LogP contribution in [0.5, 0.6) is 0 Å². The monoisotopic (exact) mass is 704 g/mol. The van der Waals surface area contributed by atoms with E-state index in [0.29, 0.717) is 42.3 Å². The van der Waals surface area contributed by atoms with Crippen molar-refractivity contribution in [3.05, 3.63) is 67.4 Å². The van der Waals surface area contributed by atoms with E-state index in [4.69, 9.17) is 10.2 Å². The summed E-state index contributed by atoms with van der Waals surface area (Å²) in [4.78, 5) is 72.1. The third-order valence-corrected chi connectivity index (χ3v) is 8.69. The summed E-state index contributed by atoms with van der Waals surface area (Å²) in [7, 11) is 3.31. The quantitative estimate of drug-likeness (QED) is 0.237. The van der Waals surface area contributed by atoms with Gasteiger partial charge >= 0.3 is 11.4 Å². The van der Waals surface area contributed by atoms with Crippen LogP contribution >= 0.6 is 15.9 Å². The smallest absolute Gasteiger partial charge is 0.329 e. The Labute approximate surface area is 277 Å². The molecular weight excluding hydrogens is 672 g/mol. The summed E-state index contributed by atoms with van der Waals surface area (Å²) < 4.78 is 6.79. The van der Waals surface area contributed by atoms with Crippen LogP contribution < -0.4 is 11.4 Å². The second-order valence-electron chi connectivity index (χ2n) is 11.0. The molecule has 2 aliphatic carbocycles. The minimum Gasteiger partial charge on any atom is -0.384 e. The molecule has 0 radical (unpaired) electrons. The van der Waals surface area contributed by atoms with Gasteiger partial charge in [0.2, 0.25) is 0 Å². The van der Waals surface area contributed by atoms with Crippen LogP contribution in [0.15, 0.2) is 50.5 Å². The lowest BCUT2D eigenvalue weighted by atomic mass is 9.92. The number of aliphatic hydroxyl groups is 2. The zero-order valence-electron chi connectivity index (χ0n) is 25.9. The molecule has 2 fully saturated rings. The summed E-state index contributed by atoms with van der Waals surface area (Å²) in [6, 6.07) is 9.68. The van der Waals surface area contributed by atoms with E-state index in [1.165, 1.54) is 18.3 Å². The fraction of sp³-hybridized carbons (Fsp3) is 0.353. The van der Waals surface area contributed by atoms with Gasteiger partial charge in [0.15, 0.2) is 11.6 Å². The number of carbonyl (C=O) groups excluding carboxylic acids is 4. The van der Waals surface area contributed by atoms with Crippen molar-refractivity contribution in [3.63, 3.8) is 0 Å². The number of nitrogens with zero attached hydrogens (tertiary/aromatic N) is 4. The normalized spacial score (nSPS) is 17.7. The zero-order chi connectivity index (χ0) is 34.4. The fourth-order valence-electron chi connectivity index (χ4n) is 5.93. The molecule has 13 heteroatoms. The molecule has 2 unspecified atom stereocenters. The predicted molar refractivity (Wildman–Crippen MR) is 178 cm³/mol. The highest BCUT2D eigenvalue weighted by molar-refractivity contribution is 9.10. The molecule has 2 heterocycles. The number of imidazole rings is 2. The number of carbonyl (C=O) groups is 4. The molecule has 244 valence electrons. The van der Waals surface area contributed by atoms with Crippen LogP contribution in [-0.4, -0.2) is 64.8 Å². The van der Waals surface area contributed by atoms with E-state index in [2.05, 4.69) is 34.2 Å². The second-order valence-corrected chi connectivity index (χ2v) is 11.9. The fourth-order valence-corrected chi connectivity index (χ4v) is 6.55. The van der Waals surface area contributed by atoms with Gasteiger partial charge in [-0.05, 0) is 53.0 Å². The van der Waals surface area contributed by atoms with Gasteiger partial charge in [-0.3, -0.25) is 37.4 Å². The van der Waals surface area contributed by atoms with Crippen LogP contribution in [0.2, 0.25) is 0 Å². The highest BCUT2D eigenvalue weighted by atomic mass is 79.9. The minimum atomic E-state index is -0.607. The molecular formula is C34H33BrN4O8. The molecule has 2 aromatic carbocycles. The number of aliphatic hydroxyl groups excluding tert-OH is 2. The first kappa shape index (κ1) is 35.0. The average Bonchev–Trinajstić information content (AvgIpc) is 3.46. The molecule has 0 amide bonds. The van der Waals surface area contributed by atoms with Crippen LogP contribution in [0.4, 0.5) is 0 Å². The average molecular weight is 706 g/mol.